The number of fused-ring (bicyclic) bond motifs is 1. The number of carboxylic acids is 1. The molecule has 2 aromatic rings. The van der Waals surface area contributed by atoms with Gasteiger partial charge in [0.1, 0.15) is 5.82 Å². The molecule has 4 rings (SSSR count). The quantitative estimate of drug-likeness (QED) is 0.896. The van der Waals surface area contributed by atoms with E-state index in [1.54, 1.807) is 12.1 Å². The zero-order valence-electron chi connectivity index (χ0n) is 13.8. The van der Waals surface area contributed by atoms with Crippen LogP contribution in [-0.2, 0) is 6.42 Å². The molecule has 1 fully saturated rings. The first-order valence-electron chi connectivity index (χ1n) is 8.93. The Morgan fingerprint density at radius 2 is 1.88 bits per heavy atom. The van der Waals surface area contributed by atoms with Gasteiger partial charge in [0.2, 0.25) is 0 Å². The first kappa shape index (κ1) is 15.2. The average molecular weight is 325 g/mol. The Hall–Kier alpha value is -2.30. The number of carboxylic acid groups (broad SMARTS) is 1. The molecule has 24 heavy (non-hydrogen) atoms. The number of hydrogen-bond acceptors (Lipinski definition) is 3. The van der Waals surface area contributed by atoms with Gasteiger partial charge in [-0.3, -0.25) is 0 Å². The van der Waals surface area contributed by atoms with Crippen molar-refractivity contribution in [3.05, 3.63) is 41.1 Å². The summed E-state index contributed by atoms with van der Waals surface area (Å²) in [7, 11) is 0. The highest BCUT2D eigenvalue weighted by Crippen LogP contribution is 2.39. The lowest BCUT2D eigenvalue weighted by Crippen LogP contribution is -2.07. The van der Waals surface area contributed by atoms with Crippen molar-refractivity contribution in [1.29, 1.82) is 0 Å². The number of anilines is 1. The molecule has 2 aliphatic rings. The van der Waals surface area contributed by atoms with Crippen molar-refractivity contribution in [2.45, 2.75) is 50.9 Å². The number of hydrogen-bond donors (Lipinski definition) is 2. The van der Waals surface area contributed by atoms with E-state index in [0.717, 1.165) is 24.5 Å². The summed E-state index contributed by atoms with van der Waals surface area (Å²) in [5, 5.41) is 17.6. The molecule has 2 heterocycles. The summed E-state index contributed by atoms with van der Waals surface area (Å²) in [5.74, 6) is 0.793. The highest BCUT2D eigenvalue weighted by molar-refractivity contribution is 5.87. The van der Waals surface area contributed by atoms with Crippen LogP contribution < -0.4 is 5.32 Å². The molecule has 1 aliphatic carbocycles. The fourth-order valence-corrected chi connectivity index (χ4v) is 3.99. The Kier molecular flexibility index (Phi) is 4.00. The van der Waals surface area contributed by atoms with Gasteiger partial charge in [-0.2, -0.15) is 5.10 Å². The Morgan fingerprint density at radius 3 is 2.58 bits per heavy atom. The second-order valence-electron chi connectivity index (χ2n) is 6.84. The van der Waals surface area contributed by atoms with E-state index in [0.29, 0.717) is 11.5 Å². The lowest BCUT2D eigenvalue weighted by Gasteiger charge is -2.09. The van der Waals surface area contributed by atoms with Gasteiger partial charge in [0.15, 0.2) is 0 Å². The molecule has 0 spiro atoms. The number of carbonyl (C=O) groups is 1. The Morgan fingerprint density at radius 1 is 1.12 bits per heavy atom. The van der Waals surface area contributed by atoms with Gasteiger partial charge in [-0.25, -0.2) is 9.48 Å². The van der Waals surface area contributed by atoms with E-state index < -0.39 is 5.97 Å². The van der Waals surface area contributed by atoms with Crippen LogP contribution >= 0.6 is 0 Å². The smallest absolute Gasteiger partial charge is 0.335 e. The van der Waals surface area contributed by atoms with Crippen molar-refractivity contribution in [3.8, 4) is 5.69 Å². The second kappa shape index (κ2) is 6.30. The van der Waals surface area contributed by atoms with Crippen LogP contribution in [0.2, 0.25) is 0 Å². The number of nitrogens with zero attached hydrogens (tertiary/aromatic N) is 2. The van der Waals surface area contributed by atoms with Crippen LogP contribution in [-0.4, -0.2) is 27.4 Å². The highest BCUT2D eigenvalue weighted by atomic mass is 16.4. The van der Waals surface area contributed by atoms with Crippen LogP contribution in [0.25, 0.3) is 5.69 Å². The van der Waals surface area contributed by atoms with Crippen molar-refractivity contribution in [2.75, 3.05) is 11.9 Å². The molecule has 0 atom stereocenters. The molecular formula is C19H23N3O2. The number of rotatable bonds is 3. The molecule has 0 amide bonds. The van der Waals surface area contributed by atoms with Crippen LogP contribution in [0.4, 0.5) is 5.82 Å². The molecule has 1 aliphatic heterocycles. The molecular weight excluding hydrogens is 302 g/mol. The first-order valence-corrected chi connectivity index (χ1v) is 8.93. The Bertz CT molecular complexity index is 743. The van der Waals surface area contributed by atoms with Crippen LogP contribution in [0.5, 0.6) is 0 Å². The van der Waals surface area contributed by atoms with Gasteiger partial charge in [0, 0.05) is 18.0 Å². The molecule has 0 unspecified atom stereocenters. The van der Waals surface area contributed by atoms with Gasteiger partial charge in [0.25, 0.3) is 0 Å². The number of aromatic carboxylic acids is 1. The highest BCUT2D eigenvalue weighted by Gasteiger charge is 2.27. The lowest BCUT2D eigenvalue weighted by atomic mass is 9.97. The van der Waals surface area contributed by atoms with Crippen LogP contribution in [0.3, 0.4) is 0 Å². The maximum Gasteiger partial charge on any atom is 0.335 e. The summed E-state index contributed by atoms with van der Waals surface area (Å²) in [4.78, 5) is 11.1. The molecule has 5 nitrogen and oxygen atoms in total. The SMILES string of the molecule is O=C(O)c1ccc(-n2nc(C3CCCC3)c3c2NCCCC3)cc1. The third kappa shape index (κ3) is 2.68. The molecule has 1 aromatic heterocycles. The van der Waals surface area contributed by atoms with E-state index in [2.05, 4.69) is 5.32 Å². The van der Waals surface area contributed by atoms with Gasteiger partial charge in [-0.1, -0.05) is 12.8 Å². The minimum absolute atomic E-state index is 0.306. The number of aromatic nitrogens is 2. The van der Waals surface area contributed by atoms with E-state index in [-0.39, 0.29) is 0 Å². The monoisotopic (exact) mass is 325 g/mol. The Balaban J connectivity index is 1.78. The molecule has 1 aromatic carbocycles. The zero-order valence-corrected chi connectivity index (χ0v) is 13.8. The van der Waals surface area contributed by atoms with Crippen LogP contribution in [0.15, 0.2) is 24.3 Å². The minimum Gasteiger partial charge on any atom is -0.478 e. The summed E-state index contributed by atoms with van der Waals surface area (Å²) >= 11 is 0. The molecule has 0 radical (unpaired) electrons. The van der Waals surface area contributed by atoms with Crippen molar-refractivity contribution in [1.82, 2.24) is 9.78 Å². The van der Waals surface area contributed by atoms with Crippen LogP contribution in [0.1, 0.15) is 66.1 Å². The molecule has 126 valence electrons. The first-order chi connectivity index (χ1) is 11.7. The molecule has 0 saturated heterocycles. The van der Waals surface area contributed by atoms with Gasteiger partial charge >= 0.3 is 5.97 Å². The van der Waals surface area contributed by atoms with Gasteiger partial charge in [0.05, 0.1) is 16.9 Å². The fraction of sp³-hybridized carbons (Fsp3) is 0.474. The summed E-state index contributed by atoms with van der Waals surface area (Å²) < 4.78 is 1.99. The van der Waals surface area contributed by atoms with Crippen molar-refractivity contribution >= 4 is 11.8 Å². The predicted octanol–water partition coefficient (Wildman–Crippen LogP) is 3.98. The fourth-order valence-electron chi connectivity index (χ4n) is 3.99. The summed E-state index contributed by atoms with van der Waals surface area (Å²) in [6, 6.07) is 7.00. The van der Waals surface area contributed by atoms with Crippen LogP contribution in [0, 0.1) is 0 Å². The topological polar surface area (TPSA) is 67.1 Å². The molecule has 0 bridgehead atoms. The average Bonchev–Trinajstić information content (AvgIpc) is 3.17. The number of benzene rings is 1. The van der Waals surface area contributed by atoms with Gasteiger partial charge in [-0.05, 0) is 56.4 Å². The largest absolute Gasteiger partial charge is 0.478 e. The predicted molar refractivity (Wildman–Crippen MR) is 93.2 cm³/mol. The van der Waals surface area contributed by atoms with Crippen molar-refractivity contribution < 1.29 is 9.90 Å². The van der Waals surface area contributed by atoms with Crippen molar-refractivity contribution in [2.24, 2.45) is 0 Å². The van der Waals surface area contributed by atoms with E-state index in [9.17, 15) is 4.79 Å². The number of nitrogens with one attached hydrogen (secondary N) is 1. The summed E-state index contributed by atoms with van der Waals surface area (Å²) in [5.41, 5.74) is 3.87. The maximum atomic E-state index is 11.1. The van der Waals surface area contributed by atoms with Gasteiger partial charge < -0.3 is 10.4 Å². The third-order valence-corrected chi connectivity index (χ3v) is 5.26. The summed E-state index contributed by atoms with van der Waals surface area (Å²) in [6.07, 6.45) is 8.53. The second-order valence-corrected chi connectivity index (χ2v) is 6.84. The van der Waals surface area contributed by atoms with E-state index in [4.69, 9.17) is 10.2 Å². The summed E-state index contributed by atoms with van der Waals surface area (Å²) in [6.45, 7) is 0.968. The van der Waals surface area contributed by atoms with E-state index in [1.807, 2.05) is 16.8 Å². The molecule has 1 saturated carbocycles. The lowest BCUT2D eigenvalue weighted by molar-refractivity contribution is 0.0697. The zero-order chi connectivity index (χ0) is 16.5. The minimum atomic E-state index is -0.898. The Labute approximate surface area is 141 Å². The van der Waals surface area contributed by atoms with E-state index in [1.165, 1.54) is 49.8 Å². The molecule has 2 N–H and O–H groups in total. The standard InChI is InChI=1S/C19H23N3O2/c23-19(24)14-8-10-15(11-9-14)22-18-16(7-3-4-12-20-18)17(21-22)13-5-1-2-6-13/h8-11,13,20H,1-7,12H2,(H,23,24). The molecule has 5 heteroatoms. The maximum absolute atomic E-state index is 11.1. The third-order valence-electron chi connectivity index (χ3n) is 5.26. The normalized spacial score (nSPS) is 18.0. The van der Waals surface area contributed by atoms with Gasteiger partial charge in [-0.15, -0.1) is 0 Å². The van der Waals surface area contributed by atoms with Crippen molar-refractivity contribution in [3.63, 3.8) is 0 Å². The van der Waals surface area contributed by atoms with E-state index >= 15 is 0 Å².